The van der Waals surface area contributed by atoms with Gasteiger partial charge in [0.1, 0.15) is 17.0 Å². The Hall–Kier alpha value is -2.70. The second-order valence-electron chi connectivity index (χ2n) is 8.55. The van der Waals surface area contributed by atoms with E-state index in [4.69, 9.17) is 14.2 Å². The number of nitrogens with one attached hydrogen (secondary N) is 1. The van der Waals surface area contributed by atoms with Gasteiger partial charge in [-0.05, 0) is 65.8 Å². The first-order valence-electron chi connectivity index (χ1n) is 9.28. The number of benzene rings is 1. The Labute approximate surface area is 165 Å². The molecule has 7 nitrogen and oxygen atoms in total. The zero-order valence-electron chi connectivity index (χ0n) is 17.7. The summed E-state index contributed by atoms with van der Waals surface area (Å²) in [5, 5.41) is 3.58. The van der Waals surface area contributed by atoms with Crippen LogP contribution < -0.4 is 10.1 Å². The molecule has 0 spiro atoms. The highest BCUT2D eigenvalue weighted by Gasteiger charge is 2.22. The van der Waals surface area contributed by atoms with E-state index in [0.29, 0.717) is 18.7 Å². The van der Waals surface area contributed by atoms with Crippen molar-refractivity contribution in [2.45, 2.75) is 59.2 Å². The smallest absolute Gasteiger partial charge is 0.419 e. The molecule has 2 rings (SSSR count). The summed E-state index contributed by atoms with van der Waals surface area (Å²) in [6.45, 7) is 11.2. The van der Waals surface area contributed by atoms with Crippen molar-refractivity contribution in [3.63, 3.8) is 0 Å². The van der Waals surface area contributed by atoms with Gasteiger partial charge in [-0.1, -0.05) is 0 Å². The molecule has 2 aromatic rings. The molecular formula is C21H30N2O5. The third-order valence-corrected chi connectivity index (χ3v) is 3.71. The fourth-order valence-corrected chi connectivity index (χ4v) is 2.69. The Morgan fingerprint density at radius 3 is 2.21 bits per heavy atom. The van der Waals surface area contributed by atoms with Gasteiger partial charge >= 0.3 is 12.2 Å². The van der Waals surface area contributed by atoms with E-state index in [2.05, 4.69) is 5.32 Å². The molecular weight excluding hydrogens is 360 g/mol. The minimum Gasteiger partial charge on any atom is -0.497 e. The predicted octanol–water partition coefficient (Wildman–Crippen LogP) is 4.50. The molecule has 7 heteroatoms. The first kappa shape index (κ1) is 21.6. The van der Waals surface area contributed by atoms with Crippen molar-refractivity contribution < 1.29 is 23.8 Å². The predicted molar refractivity (Wildman–Crippen MR) is 108 cm³/mol. The average molecular weight is 390 g/mol. The molecule has 0 aliphatic carbocycles. The van der Waals surface area contributed by atoms with Crippen molar-refractivity contribution in [1.29, 1.82) is 0 Å². The van der Waals surface area contributed by atoms with Crippen LogP contribution in [0.4, 0.5) is 9.59 Å². The maximum absolute atomic E-state index is 12.8. The maximum atomic E-state index is 12.8. The highest BCUT2D eigenvalue weighted by atomic mass is 16.6. The number of rotatable bonds is 4. The fraction of sp³-hybridized carbons (Fsp3) is 0.524. The van der Waals surface area contributed by atoms with Gasteiger partial charge < -0.3 is 19.5 Å². The lowest BCUT2D eigenvalue weighted by molar-refractivity contribution is 0.0528. The largest absolute Gasteiger partial charge is 0.497 e. The minimum atomic E-state index is -0.619. The first-order valence-corrected chi connectivity index (χ1v) is 9.28. The normalized spacial score (nSPS) is 12.0. The number of fused-ring (bicyclic) bond motifs is 1. The standard InChI is InChI=1S/C21H30N2O5/c1-20(2,3)27-18(24)22-11-10-15-12-14-13-16(26-7)8-9-17(14)23(15)19(25)28-21(4,5)6/h8-9,12-13H,10-11H2,1-7H3,(H,22,24). The number of amides is 1. The minimum absolute atomic E-state index is 0.325. The van der Waals surface area contributed by atoms with Crippen molar-refractivity contribution in [3.05, 3.63) is 30.0 Å². The van der Waals surface area contributed by atoms with Crippen LogP contribution in [-0.4, -0.2) is 41.6 Å². The van der Waals surface area contributed by atoms with E-state index < -0.39 is 23.4 Å². The van der Waals surface area contributed by atoms with E-state index in [-0.39, 0.29) is 0 Å². The summed E-state index contributed by atoms with van der Waals surface area (Å²) in [5.41, 5.74) is 0.272. The first-order chi connectivity index (χ1) is 12.9. The monoisotopic (exact) mass is 390 g/mol. The number of aromatic nitrogens is 1. The molecule has 1 N–H and O–H groups in total. The van der Waals surface area contributed by atoms with Crippen LogP contribution in [-0.2, 0) is 15.9 Å². The third kappa shape index (κ3) is 5.90. The van der Waals surface area contributed by atoms with E-state index in [9.17, 15) is 9.59 Å². The Balaban J connectivity index is 2.26. The molecule has 0 unspecified atom stereocenters. The second-order valence-corrected chi connectivity index (χ2v) is 8.55. The topological polar surface area (TPSA) is 78.8 Å². The van der Waals surface area contributed by atoms with Crippen LogP contribution in [0, 0.1) is 0 Å². The zero-order chi connectivity index (χ0) is 21.1. The summed E-state index contributed by atoms with van der Waals surface area (Å²) in [7, 11) is 1.59. The van der Waals surface area contributed by atoms with Crippen molar-refractivity contribution in [2.24, 2.45) is 0 Å². The zero-order valence-corrected chi connectivity index (χ0v) is 17.7. The molecule has 0 aliphatic heterocycles. The van der Waals surface area contributed by atoms with E-state index in [1.54, 1.807) is 33.9 Å². The lowest BCUT2D eigenvalue weighted by atomic mass is 10.2. The van der Waals surface area contributed by atoms with E-state index >= 15 is 0 Å². The van der Waals surface area contributed by atoms with E-state index in [1.165, 1.54) is 4.57 Å². The number of methoxy groups -OCH3 is 1. The molecule has 154 valence electrons. The number of alkyl carbamates (subject to hydrolysis) is 1. The number of hydrogen-bond acceptors (Lipinski definition) is 5. The Morgan fingerprint density at radius 2 is 1.64 bits per heavy atom. The van der Waals surface area contributed by atoms with Gasteiger partial charge in [0.05, 0.1) is 12.6 Å². The molecule has 0 radical (unpaired) electrons. The molecule has 0 bridgehead atoms. The number of ether oxygens (including phenoxy) is 3. The van der Waals surface area contributed by atoms with Gasteiger partial charge in [0.15, 0.2) is 0 Å². The molecule has 1 aromatic carbocycles. The molecule has 28 heavy (non-hydrogen) atoms. The SMILES string of the molecule is COc1ccc2c(c1)cc(CCNC(=O)OC(C)(C)C)n2C(=O)OC(C)(C)C. The van der Waals surface area contributed by atoms with Crippen molar-refractivity contribution in [3.8, 4) is 5.75 Å². The Bertz CT molecular complexity index is 856. The van der Waals surface area contributed by atoms with Gasteiger partial charge in [-0.2, -0.15) is 0 Å². The van der Waals surface area contributed by atoms with Crippen LogP contribution in [0.2, 0.25) is 0 Å². The van der Waals surface area contributed by atoms with Crippen LogP contribution in [0.15, 0.2) is 24.3 Å². The Kier molecular flexibility index (Phi) is 6.27. The van der Waals surface area contributed by atoms with Gasteiger partial charge in [-0.3, -0.25) is 0 Å². The molecule has 0 aliphatic rings. The summed E-state index contributed by atoms with van der Waals surface area (Å²) in [6, 6.07) is 7.38. The van der Waals surface area contributed by atoms with Crippen molar-refractivity contribution in [1.82, 2.24) is 9.88 Å². The highest BCUT2D eigenvalue weighted by Crippen LogP contribution is 2.26. The van der Waals surface area contributed by atoms with Crippen LogP contribution in [0.3, 0.4) is 0 Å². The lowest BCUT2D eigenvalue weighted by Crippen LogP contribution is -2.34. The molecule has 0 atom stereocenters. The van der Waals surface area contributed by atoms with E-state index in [0.717, 1.165) is 16.6 Å². The van der Waals surface area contributed by atoms with Crippen molar-refractivity contribution >= 4 is 23.1 Å². The summed E-state index contributed by atoms with van der Waals surface area (Å²) in [4.78, 5) is 24.7. The molecule has 0 fully saturated rings. The van der Waals surface area contributed by atoms with Gasteiger partial charge in [-0.15, -0.1) is 0 Å². The van der Waals surface area contributed by atoms with Gasteiger partial charge in [0.2, 0.25) is 0 Å². The number of hydrogen-bond donors (Lipinski definition) is 1. The van der Waals surface area contributed by atoms with Crippen molar-refractivity contribution in [2.75, 3.05) is 13.7 Å². The van der Waals surface area contributed by atoms with Crippen LogP contribution in [0.1, 0.15) is 47.2 Å². The third-order valence-electron chi connectivity index (χ3n) is 3.71. The summed E-state index contributed by atoms with van der Waals surface area (Å²) in [5.74, 6) is 0.701. The number of carbonyl (C=O) groups is 2. The van der Waals surface area contributed by atoms with Crippen LogP contribution >= 0.6 is 0 Å². The molecule has 0 saturated heterocycles. The summed E-state index contributed by atoms with van der Waals surface area (Å²) in [6.07, 6.45) is -0.510. The summed E-state index contributed by atoms with van der Waals surface area (Å²) >= 11 is 0. The fourth-order valence-electron chi connectivity index (χ4n) is 2.69. The molecule has 1 heterocycles. The average Bonchev–Trinajstić information content (AvgIpc) is 2.88. The second kappa shape index (κ2) is 8.12. The summed E-state index contributed by atoms with van der Waals surface area (Å²) < 4.78 is 17.6. The van der Waals surface area contributed by atoms with Gasteiger partial charge in [0, 0.05) is 24.0 Å². The molecule has 1 aromatic heterocycles. The maximum Gasteiger partial charge on any atom is 0.419 e. The van der Waals surface area contributed by atoms with Gasteiger partial charge in [-0.25, -0.2) is 14.2 Å². The Morgan fingerprint density at radius 1 is 1.00 bits per heavy atom. The van der Waals surface area contributed by atoms with Crippen LogP contribution in [0.25, 0.3) is 10.9 Å². The number of nitrogens with zero attached hydrogens (tertiary/aromatic N) is 1. The quantitative estimate of drug-likeness (QED) is 0.831. The highest BCUT2D eigenvalue weighted by molar-refractivity contribution is 5.91. The molecule has 0 saturated carbocycles. The van der Waals surface area contributed by atoms with E-state index in [1.807, 2.05) is 39.0 Å². The molecule has 1 amide bonds. The number of carbonyl (C=O) groups excluding carboxylic acids is 2. The van der Waals surface area contributed by atoms with Gasteiger partial charge in [0.25, 0.3) is 0 Å². The lowest BCUT2D eigenvalue weighted by Gasteiger charge is -2.21. The van der Waals surface area contributed by atoms with Crippen LogP contribution in [0.5, 0.6) is 5.75 Å².